The average Bonchev–Trinajstić information content (AvgIpc) is 2.37. The van der Waals surface area contributed by atoms with Gasteiger partial charge in [-0.3, -0.25) is 0 Å². The van der Waals surface area contributed by atoms with Gasteiger partial charge in [-0.2, -0.15) is 0 Å². The van der Waals surface area contributed by atoms with Crippen LogP contribution >= 0.6 is 24.0 Å². The zero-order valence-electron chi connectivity index (χ0n) is 10.8. The van der Waals surface area contributed by atoms with Crippen LogP contribution < -0.4 is 10.5 Å². The summed E-state index contributed by atoms with van der Waals surface area (Å²) >= 11 is 5.76. The van der Waals surface area contributed by atoms with Gasteiger partial charge in [0.25, 0.3) is 0 Å². The predicted molar refractivity (Wildman–Crippen MR) is 78.9 cm³/mol. The number of halogens is 2. The predicted octanol–water partition coefficient (Wildman–Crippen LogP) is 1.18. The van der Waals surface area contributed by atoms with Crippen molar-refractivity contribution < 1.29 is 17.9 Å². The molecular weight excluding hydrogens is 327 g/mol. The molecule has 9 heteroatoms. The summed E-state index contributed by atoms with van der Waals surface area (Å²) in [5, 5.41) is 0.251. The fourth-order valence-corrected chi connectivity index (χ4v) is 2.81. The van der Waals surface area contributed by atoms with Crippen molar-refractivity contribution in [3.05, 3.63) is 28.8 Å². The van der Waals surface area contributed by atoms with Gasteiger partial charge in [0, 0.05) is 11.6 Å². The number of hydrogen-bond acceptors (Lipinski definition) is 5. The summed E-state index contributed by atoms with van der Waals surface area (Å²) in [4.78, 5) is 11.4. The van der Waals surface area contributed by atoms with E-state index in [0.717, 1.165) is 0 Å². The van der Waals surface area contributed by atoms with E-state index in [0.29, 0.717) is 13.0 Å². The normalized spacial score (nSPS) is 10.8. The minimum absolute atomic E-state index is 0. The SMILES string of the molecule is COC(=O)c1cc(Cl)ccc1S(=O)(=O)NCCCN.Cl. The van der Waals surface area contributed by atoms with Crippen LogP contribution in [0.2, 0.25) is 5.02 Å². The topological polar surface area (TPSA) is 98.5 Å². The van der Waals surface area contributed by atoms with E-state index >= 15 is 0 Å². The first-order valence-corrected chi connectivity index (χ1v) is 7.36. The lowest BCUT2D eigenvalue weighted by Crippen LogP contribution is -2.27. The number of nitrogens with two attached hydrogens (primary N) is 1. The molecule has 0 amide bonds. The highest BCUT2D eigenvalue weighted by molar-refractivity contribution is 7.89. The molecule has 114 valence electrons. The highest BCUT2D eigenvalue weighted by atomic mass is 35.5. The van der Waals surface area contributed by atoms with Gasteiger partial charge in [-0.15, -0.1) is 12.4 Å². The lowest BCUT2D eigenvalue weighted by Gasteiger charge is -2.10. The highest BCUT2D eigenvalue weighted by Gasteiger charge is 2.22. The van der Waals surface area contributed by atoms with Gasteiger partial charge in [0.2, 0.25) is 10.0 Å². The molecule has 0 aliphatic heterocycles. The molecule has 0 saturated heterocycles. The molecule has 0 aliphatic carbocycles. The van der Waals surface area contributed by atoms with E-state index < -0.39 is 16.0 Å². The van der Waals surface area contributed by atoms with Crippen LogP contribution in [0.3, 0.4) is 0 Å². The van der Waals surface area contributed by atoms with Crippen molar-refractivity contribution >= 4 is 40.0 Å². The molecule has 1 aromatic carbocycles. The van der Waals surface area contributed by atoms with Crippen LogP contribution in [0, 0.1) is 0 Å². The fourth-order valence-electron chi connectivity index (χ4n) is 1.39. The van der Waals surface area contributed by atoms with Crippen molar-refractivity contribution in [2.45, 2.75) is 11.3 Å². The van der Waals surface area contributed by atoms with Crippen LogP contribution in [0.1, 0.15) is 16.8 Å². The van der Waals surface area contributed by atoms with Gasteiger partial charge in [0.1, 0.15) is 0 Å². The largest absolute Gasteiger partial charge is 0.465 e. The van der Waals surface area contributed by atoms with Crippen LogP contribution in [0.15, 0.2) is 23.1 Å². The minimum Gasteiger partial charge on any atom is -0.465 e. The average molecular weight is 343 g/mol. The maximum Gasteiger partial charge on any atom is 0.339 e. The van der Waals surface area contributed by atoms with Gasteiger partial charge in [-0.25, -0.2) is 17.9 Å². The molecule has 6 nitrogen and oxygen atoms in total. The van der Waals surface area contributed by atoms with E-state index in [-0.39, 0.29) is 34.4 Å². The van der Waals surface area contributed by atoms with E-state index in [1.807, 2.05) is 0 Å². The van der Waals surface area contributed by atoms with E-state index in [9.17, 15) is 13.2 Å². The van der Waals surface area contributed by atoms with E-state index in [1.165, 1.54) is 25.3 Å². The third-order valence-corrected chi connectivity index (χ3v) is 4.06. The van der Waals surface area contributed by atoms with Gasteiger partial charge in [0.15, 0.2) is 0 Å². The molecule has 0 aliphatic rings. The molecule has 0 spiro atoms. The number of sulfonamides is 1. The number of hydrogen-bond donors (Lipinski definition) is 2. The molecule has 0 radical (unpaired) electrons. The molecule has 0 saturated carbocycles. The van der Waals surface area contributed by atoms with Crippen molar-refractivity contribution in [1.82, 2.24) is 4.72 Å². The second-order valence-electron chi connectivity index (χ2n) is 3.67. The summed E-state index contributed by atoms with van der Waals surface area (Å²) in [5.74, 6) is -0.762. The minimum atomic E-state index is -3.80. The number of carbonyl (C=O) groups is 1. The van der Waals surface area contributed by atoms with Crippen LogP contribution in [-0.4, -0.2) is 34.6 Å². The van der Waals surface area contributed by atoms with E-state index in [1.54, 1.807) is 0 Å². The third-order valence-electron chi connectivity index (χ3n) is 2.31. The number of benzene rings is 1. The quantitative estimate of drug-likeness (QED) is 0.597. The Balaban J connectivity index is 0.00000361. The Labute approximate surface area is 129 Å². The summed E-state index contributed by atoms with van der Waals surface area (Å²) in [6, 6.07) is 3.91. The smallest absolute Gasteiger partial charge is 0.339 e. The first kappa shape index (κ1) is 19.1. The third kappa shape index (κ3) is 4.92. The second kappa shape index (κ2) is 8.43. The summed E-state index contributed by atoms with van der Waals surface area (Å²) in [5.41, 5.74) is 5.19. The van der Waals surface area contributed by atoms with Crippen LogP contribution in [0.25, 0.3) is 0 Å². The van der Waals surface area contributed by atoms with Gasteiger partial charge in [0.05, 0.1) is 17.6 Å². The summed E-state index contributed by atoms with van der Waals surface area (Å²) < 4.78 is 31.0. The van der Waals surface area contributed by atoms with Crippen molar-refractivity contribution in [1.29, 1.82) is 0 Å². The fraction of sp³-hybridized carbons (Fsp3) is 0.364. The molecule has 0 heterocycles. The van der Waals surface area contributed by atoms with Crippen molar-refractivity contribution in [3.63, 3.8) is 0 Å². The Hall–Kier alpha value is -0.860. The second-order valence-corrected chi connectivity index (χ2v) is 5.84. The molecule has 0 aromatic heterocycles. The molecule has 0 atom stereocenters. The first-order valence-electron chi connectivity index (χ1n) is 5.50. The van der Waals surface area contributed by atoms with Crippen LogP contribution in [0.5, 0.6) is 0 Å². The number of nitrogens with one attached hydrogen (secondary N) is 1. The van der Waals surface area contributed by atoms with Gasteiger partial charge >= 0.3 is 5.97 Å². The maximum absolute atomic E-state index is 12.1. The molecule has 0 fully saturated rings. The summed E-state index contributed by atoms with van der Waals surface area (Å²) in [6.45, 7) is 0.565. The lowest BCUT2D eigenvalue weighted by atomic mass is 10.2. The number of esters is 1. The monoisotopic (exact) mass is 342 g/mol. The summed E-state index contributed by atoms with van der Waals surface area (Å²) in [6.07, 6.45) is 0.500. The number of methoxy groups -OCH3 is 1. The Morgan fingerprint density at radius 2 is 2.10 bits per heavy atom. The zero-order chi connectivity index (χ0) is 14.5. The molecule has 1 aromatic rings. The highest BCUT2D eigenvalue weighted by Crippen LogP contribution is 2.21. The molecular formula is C11H16Cl2N2O4S. The van der Waals surface area contributed by atoms with E-state index in [4.69, 9.17) is 17.3 Å². The van der Waals surface area contributed by atoms with Crippen molar-refractivity contribution in [3.8, 4) is 0 Å². The molecule has 3 N–H and O–H groups in total. The standard InChI is InChI=1S/C11H15ClN2O4S.ClH/c1-18-11(15)9-7-8(12)3-4-10(9)19(16,17)14-6-2-5-13;/h3-4,7,14H,2,5-6,13H2,1H3;1H. The maximum atomic E-state index is 12.1. The van der Waals surface area contributed by atoms with Crippen LogP contribution in [0.4, 0.5) is 0 Å². The molecule has 20 heavy (non-hydrogen) atoms. The Morgan fingerprint density at radius 3 is 2.65 bits per heavy atom. The lowest BCUT2D eigenvalue weighted by molar-refractivity contribution is 0.0596. The Morgan fingerprint density at radius 1 is 1.45 bits per heavy atom. The van der Waals surface area contributed by atoms with Gasteiger partial charge < -0.3 is 10.5 Å². The molecule has 0 bridgehead atoms. The summed E-state index contributed by atoms with van der Waals surface area (Å²) in [7, 11) is -2.63. The number of carbonyl (C=O) groups excluding carboxylic acids is 1. The van der Waals surface area contributed by atoms with Crippen molar-refractivity contribution in [2.24, 2.45) is 5.73 Å². The number of ether oxygens (including phenoxy) is 1. The zero-order valence-corrected chi connectivity index (χ0v) is 13.1. The van der Waals surface area contributed by atoms with Gasteiger partial charge in [-0.1, -0.05) is 11.6 Å². The molecule has 0 unspecified atom stereocenters. The Kier molecular flexibility index (Phi) is 8.07. The Bertz CT molecular complexity index is 564. The number of rotatable bonds is 6. The van der Waals surface area contributed by atoms with Crippen LogP contribution in [-0.2, 0) is 14.8 Å². The molecule has 1 rings (SSSR count). The van der Waals surface area contributed by atoms with E-state index in [2.05, 4.69) is 9.46 Å². The van der Waals surface area contributed by atoms with Gasteiger partial charge in [-0.05, 0) is 31.2 Å². The van der Waals surface area contributed by atoms with Crippen molar-refractivity contribution in [2.75, 3.05) is 20.2 Å². The first-order chi connectivity index (χ1) is 8.92.